The molecule has 0 aliphatic rings. The minimum atomic E-state index is -4.27. The summed E-state index contributed by atoms with van der Waals surface area (Å²) in [5.41, 5.74) is 0.928. The lowest BCUT2D eigenvalue weighted by Crippen LogP contribution is -1.97. The minimum Gasteiger partial charge on any atom is -0.744 e. The van der Waals surface area contributed by atoms with Crippen molar-refractivity contribution in [2.24, 2.45) is 0 Å². The molecule has 0 aliphatic carbocycles. The van der Waals surface area contributed by atoms with Gasteiger partial charge in [-0.15, -0.1) is 12.3 Å². The largest absolute Gasteiger partial charge is 0.744 e. The normalized spacial score (nSPS) is 9.88. The van der Waals surface area contributed by atoms with E-state index in [1.165, 1.54) is 12.1 Å². The second-order valence-corrected chi connectivity index (χ2v) is 4.32. The van der Waals surface area contributed by atoms with Crippen molar-refractivity contribution in [3.63, 3.8) is 0 Å². The van der Waals surface area contributed by atoms with Crippen molar-refractivity contribution in [2.45, 2.75) is 18.2 Å². The van der Waals surface area contributed by atoms with E-state index in [1.54, 1.807) is 12.1 Å². The first kappa shape index (κ1) is 14.6. The molecule has 0 amide bonds. The SMILES string of the molecule is C#CCCO.Cc1ccc(S(=O)(=O)[O-])cc1. The molecule has 0 saturated heterocycles. The van der Waals surface area contributed by atoms with Crippen LogP contribution < -0.4 is 0 Å². The van der Waals surface area contributed by atoms with Gasteiger partial charge < -0.3 is 9.66 Å². The summed E-state index contributed by atoms with van der Waals surface area (Å²) in [5, 5.41) is 7.92. The first-order chi connectivity index (χ1) is 7.41. The molecular weight excluding hydrogens is 228 g/mol. The van der Waals surface area contributed by atoms with Crippen LogP contribution in [0.4, 0.5) is 0 Å². The van der Waals surface area contributed by atoms with Gasteiger partial charge in [0.15, 0.2) is 0 Å². The smallest absolute Gasteiger partial charge is 0.124 e. The van der Waals surface area contributed by atoms with Crippen LogP contribution in [-0.2, 0) is 10.1 Å². The van der Waals surface area contributed by atoms with Gasteiger partial charge in [0.1, 0.15) is 10.1 Å². The predicted octanol–water partition coefficient (Wildman–Crippen LogP) is 0.901. The van der Waals surface area contributed by atoms with Crippen molar-refractivity contribution in [3.05, 3.63) is 29.8 Å². The Kier molecular flexibility index (Phi) is 6.42. The van der Waals surface area contributed by atoms with Gasteiger partial charge >= 0.3 is 0 Å². The average molecular weight is 241 g/mol. The molecule has 0 aromatic heterocycles. The van der Waals surface area contributed by atoms with Crippen LogP contribution in [0.15, 0.2) is 29.2 Å². The number of hydrogen-bond donors (Lipinski definition) is 1. The Morgan fingerprint density at radius 3 is 2.12 bits per heavy atom. The van der Waals surface area contributed by atoms with E-state index in [4.69, 9.17) is 11.5 Å². The Labute approximate surface area is 95.7 Å². The number of benzene rings is 1. The van der Waals surface area contributed by atoms with Crippen molar-refractivity contribution in [2.75, 3.05) is 6.61 Å². The standard InChI is InChI=1S/C7H8O3S.C4H6O/c1-6-2-4-7(5-3-6)11(8,9)10;1-2-3-4-5/h2-5H,1H3,(H,8,9,10);1,5H,3-4H2/p-1. The van der Waals surface area contributed by atoms with Gasteiger partial charge in [-0.1, -0.05) is 17.7 Å². The maximum absolute atomic E-state index is 10.4. The van der Waals surface area contributed by atoms with Crippen molar-refractivity contribution in [1.82, 2.24) is 0 Å². The van der Waals surface area contributed by atoms with Crippen LogP contribution >= 0.6 is 0 Å². The van der Waals surface area contributed by atoms with Crippen LogP contribution in [0.5, 0.6) is 0 Å². The molecule has 4 nitrogen and oxygen atoms in total. The van der Waals surface area contributed by atoms with Crippen molar-refractivity contribution < 1.29 is 18.1 Å². The summed E-state index contributed by atoms with van der Waals surface area (Å²) in [7, 11) is -4.27. The molecular formula is C11H13O4S-. The highest BCUT2D eigenvalue weighted by Gasteiger charge is 1.97. The third kappa shape index (κ3) is 6.19. The summed E-state index contributed by atoms with van der Waals surface area (Å²) in [6.07, 6.45) is 5.20. The molecule has 0 saturated carbocycles. The van der Waals surface area contributed by atoms with Gasteiger partial charge in [0.25, 0.3) is 0 Å². The van der Waals surface area contributed by atoms with E-state index in [0.717, 1.165) is 5.56 Å². The van der Waals surface area contributed by atoms with Crippen LogP contribution in [-0.4, -0.2) is 24.7 Å². The van der Waals surface area contributed by atoms with Gasteiger partial charge in [-0.2, -0.15) is 0 Å². The maximum atomic E-state index is 10.4. The van der Waals surface area contributed by atoms with Crippen LogP contribution in [0.1, 0.15) is 12.0 Å². The monoisotopic (exact) mass is 241 g/mol. The average Bonchev–Trinajstić information content (AvgIpc) is 2.19. The lowest BCUT2D eigenvalue weighted by molar-refractivity contribution is 0.305. The summed E-state index contributed by atoms with van der Waals surface area (Å²) in [5.74, 6) is 2.27. The molecule has 1 aromatic carbocycles. The van der Waals surface area contributed by atoms with Crippen LogP contribution in [0.25, 0.3) is 0 Å². The van der Waals surface area contributed by atoms with E-state index in [-0.39, 0.29) is 11.5 Å². The van der Waals surface area contributed by atoms with Gasteiger partial charge in [0.05, 0.1) is 11.5 Å². The molecule has 0 fully saturated rings. The zero-order valence-corrected chi connectivity index (χ0v) is 9.70. The zero-order valence-electron chi connectivity index (χ0n) is 8.88. The maximum Gasteiger partial charge on any atom is 0.124 e. The van der Waals surface area contributed by atoms with E-state index >= 15 is 0 Å². The molecule has 0 heterocycles. The fraction of sp³-hybridized carbons (Fsp3) is 0.273. The first-order valence-corrected chi connectivity index (χ1v) is 5.89. The van der Waals surface area contributed by atoms with Crippen molar-refractivity contribution in [1.29, 1.82) is 0 Å². The molecule has 0 spiro atoms. The molecule has 0 bridgehead atoms. The van der Waals surface area contributed by atoms with Gasteiger partial charge in [0, 0.05) is 6.42 Å². The minimum absolute atomic E-state index is 0.108. The van der Waals surface area contributed by atoms with E-state index in [2.05, 4.69) is 5.92 Å². The lowest BCUT2D eigenvalue weighted by atomic mass is 10.2. The predicted molar refractivity (Wildman–Crippen MR) is 59.7 cm³/mol. The van der Waals surface area contributed by atoms with Gasteiger partial charge in [-0.25, -0.2) is 8.42 Å². The Bertz CT molecular complexity index is 440. The lowest BCUT2D eigenvalue weighted by Gasteiger charge is -2.05. The Morgan fingerprint density at radius 1 is 1.38 bits per heavy atom. The molecule has 1 rings (SSSR count). The number of hydrogen-bond acceptors (Lipinski definition) is 4. The second-order valence-electron chi connectivity index (χ2n) is 2.94. The topological polar surface area (TPSA) is 77.4 Å². The number of rotatable bonds is 2. The van der Waals surface area contributed by atoms with Gasteiger partial charge in [0.2, 0.25) is 0 Å². The summed E-state index contributed by atoms with van der Waals surface area (Å²) in [6, 6.07) is 5.78. The third-order valence-corrected chi connectivity index (χ3v) is 2.42. The van der Waals surface area contributed by atoms with Crippen molar-refractivity contribution >= 4 is 10.1 Å². The number of aliphatic hydroxyl groups excluding tert-OH is 1. The van der Waals surface area contributed by atoms with Crippen LogP contribution in [0, 0.1) is 19.3 Å². The molecule has 1 aromatic rings. The quantitative estimate of drug-likeness (QED) is 0.616. The summed E-state index contributed by atoms with van der Waals surface area (Å²) >= 11 is 0. The molecule has 0 radical (unpaired) electrons. The molecule has 0 aliphatic heterocycles. The van der Waals surface area contributed by atoms with Crippen molar-refractivity contribution in [3.8, 4) is 12.3 Å². The highest BCUT2D eigenvalue weighted by atomic mass is 32.2. The highest BCUT2D eigenvalue weighted by molar-refractivity contribution is 7.85. The summed E-state index contributed by atoms with van der Waals surface area (Å²) in [6.45, 7) is 1.93. The highest BCUT2D eigenvalue weighted by Crippen LogP contribution is 2.08. The summed E-state index contributed by atoms with van der Waals surface area (Å²) < 4.78 is 31.2. The van der Waals surface area contributed by atoms with Gasteiger partial charge in [-0.3, -0.25) is 0 Å². The zero-order chi connectivity index (χ0) is 12.6. The Morgan fingerprint density at radius 2 is 1.88 bits per heavy atom. The second kappa shape index (κ2) is 7.01. The van der Waals surface area contributed by atoms with E-state index < -0.39 is 10.1 Å². The first-order valence-electron chi connectivity index (χ1n) is 4.48. The Hall–Kier alpha value is -1.35. The van der Waals surface area contributed by atoms with E-state index in [0.29, 0.717) is 6.42 Å². The van der Waals surface area contributed by atoms with Crippen LogP contribution in [0.3, 0.4) is 0 Å². The van der Waals surface area contributed by atoms with Crippen LogP contribution in [0.2, 0.25) is 0 Å². The number of aliphatic hydroxyl groups is 1. The molecule has 16 heavy (non-hydrogen) atoms. The Balaban J connectivity index is 0.000000385. The summed E-state index contributed by atoms with van der Waals surface area (Å²) in [4.78, 5) is -0.178. The molecule has 1 N–H and O–H groups in total. The number of terminal acetylenes is 1. The number of aryl methyl sites for hydroxylation is 1. The fourth-order valence-corrected chi connectivity index (χ4v) is 1.24. The van der Waals surface area contributed by atoms with E-state index in [1.807, 2.05) is 6.92 Å². The van der Waals surface area contributed by atoms with E-state index in [9.17, 15) is 13.0 Å². The molecule has 5 heteroatoms. The van der Waals surface area contributed by atoms with Gasteiger partial charge in [-0.05, 0) is 19.1 Å². The molecule has 0 unspecified atom stereocenters. The molecule has 88 valence electrons. The fourth-order valence-electron chi connectivity index (χ4n) is 0.769. The molecule has 0 atom stereocenters. The third-order valence-electron chi connectivity index (χ3n) is 1.57.